The van der Waals surface area contributed by atoms with Gasteiger partial charge in [-0.25, -0.2) is 0 Å². The molecule has 0 saturated carbocycles. The molecule has 0 radical (unpaired) electrons. The summed E-state index contributed by atoms with van der Waals surface area (Å²) in [5.74, 6) is 0. The Kier molecular flexibility index (Phi) is 4.64. The summed E-state index contributed by atoms with van der Waals surface area (Å²) in [5.41, 5.74) is 5.39. The second-order valence-corrected chi connectivity index (χ2v) is 6.72. The van der Waals surface area contributed by atoms with Gasteiger partial charge >= 0.3 is 0 Å². The maximum absolute atomic E-state index is 10.6. The van der Waals surface area contributed by atoms with Gasteiger partial charge in [0, 0.05) is 22.5 Å². The molecule has 0 heterocycles. The van der Waals surface area contributed by atoms with Crippen LogP contribution in [0.3, 0.4) is 0 Å². The number of rotatable bonds is 3. The fourth-order valence-corrected chi connectivity index (χ4v) is 2.36. The van der Waals surface area contributed by atoms with Crippen LogP contribution < -0.4 is 5.73 Å². The summed E-state index contributed by atoms with van der Waals surface area (Å²) in [6.07, 6.45) is 0.457. The van der Waals surface area contributed by atoms with Crippen LogP contribution in [0.4, 0.5) is 0 Å². The van der Waals surface area contributed by atoms with Crippen LogP contribution in [0.2, 0.25) is 5.02 Å². The first-order chi connectivity index (χ1) is 7.69. The molecule has 1 rings (SSSR count). The van der Waals surface area contributed by atoms with E-state index in [2.05, 4.69) is 15.9 Å². The minimum absolute atomic E-state index is 0.211. The van der Waals surface area contributed by atoms with Gasteiger partial charge in [0.2, 0.25) is 0 Å². The zero-order valence-corrected chi connectivity index (χ0v) is 12.8. The molecule has 0 aliphatic rings. The molecule has 4 heteroatoms. The van der Waals surface area contributed by atoms with Gasteiger partial charge in [0.25, 0.3) is 0 Å². The third-order valence-electron chi connectivity index (χ3n) is 3.23. The van der Waals surface area contributed by atoms with Crippen molar-refractivity contribution in [1.29, 1.82) is 0 Å². The molecule has 96 valence electrons. The van der Waals surface area contributed by atoms with Crippen LogP contribution >= 0.6 is 27.5 Å². The van der Waals surface area contributed by atoms with Crippen molar-refractivity contribution in [2.45, 2.75) is 32.8 Å². The highest BCUT2D eigenvalue weighted by atomic mass is 79.9. The molecule has 2 nitrogen and oxygen atoms in total. The Morgan fingerprint density at radius 1 is 1.35 bits per heavy atom. The lowest BCUT2D eigenvalue weighted by Gasteiger charge is -2.39. The number of hydrogen-bond acceptors (Lipinski definition) is 2. The van der Waals surface area contributed by atoms with Crippen LogP contribution in [-0.2, 0) is 6.42 Å². The monoisotopic (exact) mass is 319 g/mol. The third kappa shape index (κ3) is 3.44. The Balaban J connectivity index is 3.03. The summed E-state index contributed by atoms with van der Waals surface area (Å²) in [6.45, 7) is 6.15. The fraction of sp³-hybridized carbons (Fsp3) is 0.538. The molecule has 0 aliphatic heterocycles. The van der Waals surface area contributed by atoms with Crippen LogP contribution in [0, 0.1) is 5.41 Å². The van der Waals surface area contributed by atoms with Crippen molar-refractivity contribution in [1.82, 2.24) is 0 Å². The Hall–Kier alpha value is -0.0900. The molecule has 1 atom stereocenters. The van der Waals surface area contributed by atoms with Gasteiger partial charge < -0.3 is 10.8 Å². The second-order valence-electron chi connectivity index (χ2n) is 5.40. The maximum atomic E-state index is 10.6. The van der Waals surface area contributed by atoms with E-state index in [0.29, 0.717) is 11.4 Å². The second kappa shape index (κ2) is 5.27. The minimum Gasteiger partial charge on any atom is -0.388 e. The normalized spacial score (nSPS) is 15.7. The molecule has 1 aromatic rings. The summed E-state index contributed by atoms with van der Waals surface area (Å²) in [4.78, 5) is 0. The highest BCUT2D eigenvalue weighted by molar-refractivity contribution is 9.10. The van der Waals surface area contributed by atoms with Crippen molar-refractivity contribution in [2.75, 3.05) is 6.54 Å². The van der Waals surface area contributed by atoms with Gasteiger partial charge in [-0.3, -0.25) is 0 Å². The van der Waals surface area contributed by atoms with Gasteiger partial charge in [0.15, 0.2) is 0 Å². The van der Waals surface area contributed by atoms with E-state index >= 15 is 0 Å². The highest BCUT2D eigenvalue weighted by Crippen LogP contribution is 2.34. The van der Waals surface area contributed by atoms with Crippen LogP contribution in [0.25, 0.3) is 0 Å². The van der Waals surface area contributed by atoms with Gasteiger partial charge in [-0.2, -0.15) is 0 Å². The maximum Gasteiger partial charge on any atom is 0.0857 e. The summed E-state index contributed by atoms with van der Waals surface area (Å²) in [5, 5.41) is 11.3. The number of benzene rings is 1. The lowest BCUT2D eigenvalue weighted by Crippen LogP contribution is -2.50. The molecule has 0 spiro atoms. The third-order valence-corrected chi connectivity index (χ3v) is 4.08. The topological polar surface area (TPSA) is 46.2 Å². The molecule has 0 aliphatic carbocycles. The predicted molar refractivity (Wildman–Crippen MR) is 76.3 cm³/mol. The molecular weight excluding hydrogens is 302 g/mol. The Labute approximate surface area is 116 Å². The first-order valence-electron chi connectivity index (χ1n) is 5.56. The highest BCUT2D eigenvalue weighted by Gasteiger charge is 2.39. The number of hydrogen-bond donors (Lipinski definition) is 2. The molecule has 0 bridgehead atoms. The molecule has 1 aromatic carbocycles. The molecule has 0 amide bonds. The largest absolute Gasteiger partial charge is 0.388 e. The van der Waals surface area contributed by atoms with E-state index < -0.39 is 5.60 Å². The van der Waals surface area contributed by atoms with Gasteiger partial charge in [-0.05, 0) is 23.1 Å². The quantitative estimate of drug-likeness (QED) is 0.897. The molecule has 1 unspecified atom stereocenters. The average Bonchev–Trinajstić information content (AvgIpc) is 2.20. The zero-order valence-electron chi connectivity index (χ0n) is 10.4. The van der Waals surface area contributed by atoms with Gasteiger partial charge in [0.1, 0.15) is 0 Å². The van der Waals surface area contributed by atoms with Crippen molar-refractivity contribution < 1.29 is 5.11 Å². The Morgan fingerprint density at radius 2 is 1.94 bits per heavy atom. The van der Waals surface area contributed by atoms with E-state index in [1.54, 1.807) is 0 Å². The Bertz CT molecular complexity index is 403. The van der Waals surface area contributed by atoms with E-state index in [9.17, 15) is 5.11 Å². The lowest BCUT2D eigenvalue weighted by molar-refractivity contribution is -0.0490. The van der Waals surface area contributed by atoms with Gasteiger partial charge in [0.05, 0.1) is 5.60 Å². The number of aliphatic hydroxyl groups is 1. The SMILES string of the molecule is CC(C)(C)C(O)(CN)Cc1ccc(Br)cc1Cl. The van der Waals surface area contributed by atoms with Crippen molar-refractivity contribution in [3.05, 3.63) is 33.3 Å². The molecule has 0 saturated heterocycles. The fourth-order valence-electron chi connectivity index (χ4n) is 1.62. The summed E-state index contributed by atoms with van der Waals surface area (Å²) in [7, 11) is 0. The molecular formula is C13H19BrClNO. The first kappa shape index (κ1) is 15.0. The smallest absolute Gasteiger partial charge is 0.0857 e. The van der Waals surface area contributed by atoms with E-state index in [-0.39, 0.29) is 12.0 Å². The molecule has 0 fully saturated rings. The molecule has 3 N–H and O–H groups in total. The summed E-state index contributed by atoms with van der Waals surface area (Å²) in [6, 6.07) is 5.66. The van der Waals surface area contributed by atoms with Crippen LogP contribution in [0.1, 0.15) is 26.3 Å². The number of nitrogens with two attached hydrogens (primary N) is 1. The van der Waals surface area contributed by atoms with Gasteiger partial charge in [-0.1, -0.05) is 54.4 Å². The van der Waals surface area contributed by atoms with Crippen molar-refractivity contribution in [3.63, 3.8) is 0 Å². The first-order valence-corrected chi connectivity index (χ1v) is 6.73. The summed E-state index contributed by atoms with van der Waals surface area (Å²) < 4.78 is 0.929. The molecule has 0 aromatic heterocycles. The average molecular weight is 321 g/mol. The van der Waals surface area contributed by atoms with E-state index in [1.807, 2.05) is 39.0 Å². The minimum atomic E-state index is -0.954. The summed E-state index contributed by atoms with van der Waals surface area (Å²) >= 11 is 9.52. The zero-order chi connectivity index (χ0) is 13.3. The van der Waals surface area contributed by atoms with Crippen LogP contribution in [-0.4, -0.2) is 17.3 Å². The molecule has 17 heavy (non-hydrogen) atoms. The van der Waals surface area contributed by atoms with Gasteiger partial charge in [-0.15, -0.1) is 0 Å². The standard InChI is InChI=1S/C13H19BrClNO/c1-12(2,3)13(17,8-16)7-9-4-5-10(14)6-11(9)15/h4-6,17H,7-8,16H2,1-3H3. The van der Waals surface area contributed by atoms with E-state index in [1.165, 1.54) is 0 Å². The lowest BCUT2D eigenvalue weighted by atomic mass is 9.73. The van der Waals surface area contributed by atoms with Crippen molar-refractivity contribution in [3.8, 4) is 0 Å². The van der Waals surface area contributed by atoms with Crippen LogP contribution in [0.15, 0.2) is 22.7 Å². The Morgan fingerprint density at radius 3 is 2.35 bits per heavy atom. The van der Waals surface area contributed by atoms with Crippen molar-refractivity contribution in [2.24, 2.45) is 11.1 Å². The predicted octanol–water partition coefficient (Wildman–Crippen LogP) is 3.38. The van der Waals surface area contributed by atoms with Crippen LogP contribution in [0.5, 0.6) is 0 Å². The van der Waals surface area contributed by atoms with Crippen molar-refractivity contribution >= 4 is 27.5 Å². The van der Waals surface area contributed by atoms with E-state index in [4.69, 9.17) is 17.3 Å². The number of halogens is 2. The van der Waals surface area contributed by atoms with E-state index in [0.717, 1.165) is 10.0 Å².